The van der Waals surface area contributed by atoms with Crippen molar-refractivity contribution in [1.82, 2.24) is 9.78 Å². The Kier molecular flexibility index (Phi) is 3.52. The third-order valence-electron chi connectivity index (χ3n) is 1.69. The summed E-state index contributed by atoms with van der Waals surface area (Å²) in [5.74, 6) is 0.464. The minimum atomic E-state index is 0.150. The molecule has 0 radical (unpaired) electrons. The molecule has 0 fully saturated rings. The Morgan fingerprint density at radius 2 is 2.33 bits per heavy atom. The van der Waals surface area contributed by atoms with Gasteiger partial charge < -0.3 is 5.11 Å². The topological polar surface area (TPSA) is 38.0 Å². The smallest absolute Gasteiger partial charge is 0.0644 e. The second kappa shape index (κ2) is 4.23. The van der Waals surface area contributed by atoms with Crippen LogP contribution in [0.15, 0.2) is 6.20 Å². The first-order chi connectivity index (χ1) is 5.66. The van der Waals surface area contributed by atoms with Crippen molar-refractivity contribution in [2.75, 3.05) is 6.61 Å². The normalized spacial score (nSPS) is 11.1. The van der Waals surface area contributed by atoms with Crippen molar-refractivity contribution < 1.29 is 5.11 Å². The molecule has 0 saturated heterocycles. The van der Waals surface area contributed by atoms with Gasteiger partial charge in [-0.05, 0) is 28.5 Å². The summed E-state index contributed by atoms with van der Waals surface area (Å²) in [6.45, 7) is 5.01. The Labute approximate surface area is 85.9 Å². The molecule has 1 N–H and O–H groups in total. The first kappa shape index (κ1) is 9.98. The van der Waals surface area contributed by atoms with E-state index in [2.05, 4.69) is 41.5 Å². The van der Waals surface area contributed by atoms with Crippen molar-refractivity contribution in [2.24, 2.45) is 0 Å². The first-order valence-electron chi connectivity index (χ1n) is 3.99. The predicted molar refractivity (Wildman–Crippen MR) is 56.1 cm³/mol. The van der Waals surface area contributed by atoms with E-state index in [9.17, 15) is 0 Å². The molecular weight excluding hydrogens is 267 g/mol. The van der Waals surface area contributed by atoms with Gasteiger partial charge in [-0.1, -0.05) is 13.8 Å². The van der Waals surface area contributed by atoms with Gasteiger partial charge in [0.05, 0.1) is 28.6 Å². The minimum absolute atomic E-state index is 0.150. The van der Waals surface area contributed by atoms with Gasteiger partial charge in [-0.15, -0.1) is 0 Å². The number of aliphatic hydroxyl groups is 1. The molecule has 1 aromatic heterocycles. The summed E-state index contributed by atoms with van der Waals surface area (Å²) in [6.07, 6.45) is 1.84. The van der Waals surface area contributed by atoms with E-state index in [4.69, 9.17) is 5.11 Å². The number of hydrogen-bond donors (Lipinski definition) is 1. The van der Waals surface area contributed by atoms with Crippen LogP contribution in [0.2, 0.25) is 0 Å². The van der Waals surface area contributed by atoms with E-state index in [0.717, 1.165) is 0 Å². The monoisotopic (exact) mass is 280 g/mol. The second-order valence-corrected chi connectivity index (χ2v) is 4.14. The van der Waals surface area contributed by atoms with Crippen molar-refractivity contribution in [1.29, 1.82) is 0 Å². The fourth-order valence-electron chi connectivity index (χ4n) is 1.22. The van der Waals surface area contributed by atoms with Crippen LogP contribution in [0.25, 0.3) is 0 Å². The van der Waals surface area contributed by atoms with E-state index in [1.807, 2.05) is 10.9 Å². The van der Waals surface area contributed by atoms with Gasteiger partial charge in [0.15, 0.2) is 0 Å². The van der Waals surface area contributed by atoms with Gasteiger partial charge in [0.1, 0.15) is 0 Å². The highest BCUT2D eigenvalue weighted by molar-refractivity contribution is 14.1. The van der Waals surface area contributed by atoms with Crippen LogP contribution in [0.4, 0.5) is 0 Å². The number of hydrogen-bond acceptors (Lipinski definition) is 2. The zero-order chi connectivity index (χ0) is 9.14. The summed E-state index contributed by atoms with van der Waals surface area (Å²) in [6, 6.07) is 0. The molecule has 0 spiro atoms. The van der Waals surface area contributed by atoms with Crippen molar-refractivity contribution in [3.05, 3.63) is 15.5 Å². The van der Waals surface area contributed by atoms with Crippen LogP contribution in [-0.2, 0) is 6.54 Å². The first-order valence-corrected chi connectivity index (χ1v) is 5.06. The quantitative estimate of drug-likeness (QED) is 0.854. The third kappa shape index (κ3) is 1.98. The van der Waals surface area contributed by atoms with Gasteiger partial charge in [-0.2, -0.15) is 5.10 Å². The van der Waals surface area contributed by atoms with Crippen molar-refractivity contribution in [3.8, 4) is 0 Å². The fourth-order valence-corrected chi connectivity index (χ4v) is 2.24. The molecule has 4 heteroatoms. The lowest BCUT2D eigenvalue weighted by Crippen LogP contribution is -2.09. The van der Waals surface area contributed by atoms with Gasteiger partial charge in [-0.25, -0.2) is 0 Å². The van der Waals surface area contributed by atoms with Crippen LogP contribution < -0.4 is 0 Å². The number of aromatic nitrogens is 2. The Hall–Kier alpha value is -0.100. The van der Waals surface area contributed by atoms with E-state index in [0.29, 0.717) is 12.5 Å². The van der Waals surface area contributed by atoms with Crippen molar-refractivity contribution >= 4 is 22.6 Å². The number of nitrogens with zero attached hydrogens (tertiary/aromatic N) is 2. The van der Waals surface area contributed by atoms with Gasteiger partial charge in [0, 0.05) is 0 Å². The Balaban J connectivity index is 2.95. The molecule has 3 nitrogen and oxygen atoms in total. The molecule has 68 valence electrons. The maximum Gasteiger partial charge on any atom is 0.0644 e. The summed E-state index contributed by atoms with van der Waals surface area (Å²) in [5, 5.41) is 12.9. The Morgan fingerprint density at radius 3 is 2.83 bits per heavy atom. The number of rotatable bonds is 3. The standard InChI is InChI=1S/C8H13IN2O/c1-6(2)8-7(9)5-10-11(8)3-4-12/h5-6,12H,3-4H2,1-2H3. The molecule has 0 aliphatic rings. The molecule has 0 aromatic carbocycles. The minimum Gasteiger partial charge on any atom is -0.394 e. The Bertz CT molecular complexity index is 258. The lowest BCUT2D eigenvalue weighted by Gasteiger charge is -2.09. The average Bonchev–Trinajstić information content (AvgIpc) is 2.32. The lowest BCUT2D eigenvalue weighted by molar-refractivity contribution is 0.266. The van der Waals surface area contributed by atoms with Crippen LogP contribution in [0.5, 0.6) is 0 Å². The molecule has 12 heavy (non-hydrogen) atoms. The highest BCUT2D eigenvalue weighted by Crippen LogP contribution is 2.20. The van der Waals surface area contributed by atoms with E-state index < -0.39 is 0 Å². The number of halogens is 1. The SMILES string of the molecule is CC(C)c1c(I)cnn1CCO. The molecular formula is C8H13IN2O. The Morgan fingerprint density at radius 1 is 1.67 bits per heavy atom. The van der Waals surface area contributed by atoms with E-state index >= 15 is 0 Å². The fraction of sp³-hybridized carbons (Fsp3) is 0.625. The molecule has 0 atom stereocenters. The highest BCUT2D eigenvalue weighted by atomic mass is 127. The van der Waals surface area contributed by atoms with E-state index in [-0.39, 0.29) is 6.61 Å². The van der Waals surface area contributed by atoms with Crippen LogP contribution in [0.3, 0.4) is 0 Å². The van der Waals surface area contributed by atoms with Gasteiger partial charge in [0.25, 0.3) is 0 Å². The highest BCUT2D eigenvalue weighted by Gasteiger charge is 2.11. The molecule has 0 amide bonds. The summed E-state index contributed by atoms with van der Waals surface area (Å²) in [5.41, 5.74) is 1.21. The molecule has 1 aromatic rings. The molecule has 1 rings (SSSR count). The largest absolute Gasteiger partial charge is 0.394 e. The van der Waals surface area contributed by atoms with E-state index in [1.54, 1.807) is 0 Å². The summed E-state index contributed by atoms with van der Waals surface area (Å²) in [4.78, 5) is 0. The molecule has 0 saturated carbocycles. The maximum atomic E-state index is 8.77. The summed E-state index contributed by atoms with van der Waals surface area (Å²) >= 11 is 2.27. The summed E-state index contributed by atoms with van der Waals surface area (Å²) in [7, 11) is 0. The van der Waals surface area contributed by atoms with Crippen LogP contribution in [-0.4, -0.2) is 21.5 Å². The third-order valence-corrected chi connectivity index (χ3v) is 2.52. The van der Waals surface area contributed by atoms with Gasteiger partial charge >= 0.3 is 0 Å². The van der Waals surface area contributed by atoms with Crippen LogP contribution >= 0.6 is 22.6 Å². The molecule has 0 aliphatic heterocycles. The van der Waals surface area contributed by atoms with E-state index in [1.165, 1.54) is 9.26 Å². The van der Waals surface area contributed by atoms with Crippen molar-refractivity contribution in [2.45, 2.75) is 26.3 Å². The maximum absolute atomic E-state index is 8.77. The second-order valence-electron chi connectivity index (χ2n) is 2.98. The average molecular weight is 280 g/mol. The van der Waals surface area contributed by atoms with Gasteiger partial charge in [0.2, 0.25) is 0 Å². The zero-order valence-electron chi connectivity index (χ0n) is 7.29. The van der Waals surface area contributed by atoms with Crippen LogP contribution in [0, 0.1) is 3.57 Å². The summed E-state index contributed by atoms with van der Waals surface area (Å²) < 4.78 is 3.04. The molecule has 0 bridgehead atoms. The van der Waals surface area contributed by atoms with Gasteiger partial charge in [-0.3, -0.25) is 4.68 Å². The zero-order valence-corrected chi connectivity index (χ0v) is 9.45. The molecule has 0 aliphatic carbocycles. The van der Waals surface area contributed by atoms with Crippen LogP contribution in [0.1, 0.15) is 25.5 Å². The van der Waals surface area contributed by atoms with Crippen molar-refractivity contribution in [3.63, 3.8) is 0 Å². The molecule has 0 unspecified atom stereocenters. The number of aliphatic hydroxyl groups excluding tert-OH is 1. The molecule has 1 heterocycles. The predicted octanol–water partition coefficient (Wildman–Crippen LogP) is 1.60. The lowest BCUT2D eigenvalue weighted by atomic mass is 10.1.